The number of anilines is 1. The van der Waals surface area contributed by atoms with Crippen molar-refractivity contribution in [3.05, 3.63) is 23.4 Å². The molecule has 0 bridgehead atoms. The van der Waals surface area contributed by atoms with Gasteiger partial charge in [0.15, 0.2) is 0 Å². The highest BCUT2D eigenvalue weighted by Crippen LogP contribution is 2.59. The summed E-state index contributed by atoms with van der Waals surface area (Å²) >= 11 is 0. The molecular weight excluding hydrogens is 407 g/mol. The summed E-state index contributed by atoms with van der Waals surface area (Å²) in [6.07, 6.45) is -0.944. The Hall–Kier alpha value is -2.00. The minimum absolute atomic E-state index is 0.0691. The molecule has 172 valence electrons. The third kappa shape index (κ3) is 5.44. The highest BCUT2D eigenvalue weighted by molar-refractivity contribution is 6.12. The number of nitrogens with zero attached hydrogens (tertiary/aromatic N) is 3. The maximum Gasteiger partial charge on any atom is 0.419 e. The summed E-state index contributed by atoms with van der Waals surface area (Å²) in [4.78, 5) is 10.8. The molecule has 1 aromatic heterocycles. The molecule has 2 aliphatic carbocycles. The number of hydrogen-bond donors (Lipinski definition) is 2. The number of halogens is 3. The van der Waals surface area contributed by atoms with Crippen LogP contribution in [0.3, 0.4) is 0 Å². The van der Waals surface area contributed by atoms with Crippen molar-refractivity contribution >= 4 is 17.2 Å². The molecule has 0 radical (unpaired) electrons. The van der Waals surface area contributed by atoms with Gasteiger partial charge in [0.05, 0.1) is 12.2 Å². The van der Waals surface area contributed by atoms with Crippen LogP contribution in [0.5, 0.6) is 0 Å². The number of methoxy groups -OCH3 is 1. The Labute approximate surface area is 181 Å². The molecule has 3 rings (SSSR count). The summed E-state index contributed by atoms with van der Waals surface area (Å²) in [5.41, 5.74) is 5.56. The summed E-state index contributed by atoms with van der Waals surface area (Å²) in [5, 5.41) is 8.44. The molecule has 2 aliphatic rings. The first kappa shape index (κ1) is 23.7. The fraction of sp³-hybridized carbons (Fsp3) is 0.682. The highest BCUT2D eigenvalue weighted by atomic mass is 19.4. The van der Waals surface area contributed by atoms with Crippen LogP contribution in [0.1, 0.15) is 44.2 Å². The largest absolute Gasteiger partial charge is 0.419 e. The van der Waals surface area contributed by atoms with Gasteiger partial charge in [0.25, 0.3) is 0 Å². The van der Waals surface area contributed by atoms with Crippen LogP contribution in [0, 0.1) is 23.2 Å². The number of aliphatic imine (C=N–C) groups is 1. The molecule has 0 aromatic carbocycles. The topological polar surface area (TPSA) is 87.6 Å². The van der Waals surface area contributed by atoms with Gasteiger partial charge in [-0.3, -0.25) is 4.99 Å². The van der Waals surface area contributed by atoms with Gasteiger partial charge in [-0.25, -0.2) is 4.98 Å². The standard InChI is InChI=1S/C22H32F3N5O/c1-12(2)29-19(20-15-8-14(9-16(15)20)30(3)5-6-31-4)10-18(26)13-7-17(22(23,24)25)21(27)28-11-13/h7,11-12,14-16,20,26H,5-6,8-10H2,1-4H3,(H2,27,28). The number of alkyl halides is 3. The number of nitrogens with two attached hydrogens (primary N) is 1. The van der Waals surface area contributed by atoms with Gasteiger partial charge >= 0.3 is 6.18 Å². The smallest absolute Gasteiger partial charge is 0.383 e. The molecule has 6 nitrogen and oxygen atoms in total. The van der Waals surface area contributed by atoms with Crippen molar-refractivity contribution in [1.82, 2.24) is 9.88 Å². The van der Waals surface area contributed by atoms with Crippen LogP contribution >= 0.6 is 0 Å². The Morgan fingerprint density at radius 1 is 1.35 bits per heavy atom. The van der Waals surface area contributed by atoms with E-state index in [-0.39, 0.29) is 23.7 Å². The Morgan fingerprint density at radius 2 is 2.00 bits per heavy atom. The van der Waals surface area contributed by atoms with E-state index in [0.717, 1.165) is 31.2 Å². The monoisotopic (exact) mass is 439 g/mol. The minimum Gasteiger partial charge on any atom is -0.383 e. The molecule has 9 heteroatoms. The molecule has 0 amide bonds. The van der Waals surface area contributed by atoms with Crippen LogP contribution in [0.25, 0.3) is 0 Å². The number of rotatable bonds is 9. The van der Waals surface area contributed by atoms with E-state index < -0.39 is 17.6 Å². The van der Waals surface area contributed by atoms with Gasteiger partial charge in [-0.1, -0.05) is 0 Å². The van der Waals surface area contributed by atoms with Crippen molar-refractivity contribution in [3.63, 3.8) is 0 Å². The van der Waals surface area contributed by atoms with Crippen molar-refractivity contribution < 1.29 is 17.9 Å². The molecule has 0 saturated heterocycles. The Morgan fingerprint density at radius 3 is 2.55 bits per heavy atom. The fourth-order valence-corrected chi connectivity index (χ4v) is 4.82. The van der Waals surface area contributed by atoms with Crippen LogP contribution in [0.4, 0.5) is 19.0 Å². The second-order valence-electron chi connectivity index (χ2n) is 8.98. The molecule has 2 unspecified atom stereocenters. The number of ether oxygens (including phenoxy) is 1. The lowest BCUT2D eigenvalue weighted by molar-refractivity contribution is -0.137. The lowest BCUT2D eigenvalue weighted by atomic mass is 9.96. The number of likely N-dealkylation sites (N-methyl/N-ethyl adjacent to an activating group) is 1. The van der Waals surface area contributed by atoms with Crippen LogP contribution in [-0.4, -0.2) is 60.7 Å². The van der Waals surface area contributed by atoms with Gasteiger partial charge < -0.3 is 20.8 Å². The molecule has 0 spiro atoms. The molecule has 2 atom stereocenters. The fourth-order valence-electron chi connectivity index (χ4n) is 4.82. The van der Waals surface area contributed by atoms with Gasteiger partial charge in [0.1, 0.15) is 5.82 Å². The van der Waals surface area contributed by atoms with Crippen LogP contribution in [-0.2, 0) is 10.9 Å². The first-order chi connectivity index (χ1) is 14.5. The second kappa shape index (κ2) is 9.24. The van der Waals surface area contributed by atoms with E-state index in [1.807, 2.05) is 13.8 Å². The van der Waals surface area contributed by atoms with Crippen molar-refractivity contribution in [2.24, 2.45) is 22.7 Å². The molecule has 1 heterocycles. The van der Waals surface area contributed by atoms with Crippen LogP contribution < -0.4 is 5.73 Å². The summed E-state index contributed by atoms with van der Waals surface area (Å²) in [7, 11) is 3.82. The SMILES string of the molecule is COCCN(C)C1CC2C(C1)C2C(CC(=N)c1cnc(N)c(C(F)(F)F)c1)=NC(C)C. The van der Waals surface area contributed by atoms with Crippen molar-refractivity contribution in [2.75, 3.05) is 33.0 Å². The van der Waals surface area contributed by atoms with E-state index in [1.54, 1.807) is 7.11 Å². The minimum atomic E-state index is -4.60. The second-order valence-corrected chi connectivity index (χ2v) is 8.98. The molecular formula is C22H32F3N5O. The van der Waals surface area contributed by atoms with E-state index in [1.165, 1.54) is 6.20 Å². The van der Waals surface area contributed by atoms with E-state index in [4.69, 9.17) is 20.9 Å². The number of fused-ring (bicyclic) bond motifs is 1. The Balaban J connectivity index is 1.69. The van der Waals surface area contributed by atoms with E-state index in [9.17, 15) is 13.2 Å². The third-order valence-electron chi connectivity index (χ3n) is 6.43. The first-order valence-electron chi connectivity index (χ1n) is 10.7. The van der Waals surface area contributed by atoms with Crippen LogP contribution in [0.2, 0.25) is 0 Å². The summed E-state index contributed by atoms with van der Waals surface area (Å²) in [6, 6.07) is 1.52. The van der Waals surface area contributed by atoms with Gasteiger partial charge in [-0.15, -0.1) is 0 Å². The quantitative estimate of drug-likeness (QED) is 0.572. The van der Waals surface area contributed by atoms with E-state index in [2.05, 4.69) is 16.9 Å². The number of nitrogen functional groups attached to an aromatic ring is 1. The summed E-state index contributed by atoms with van der Waals surface area (Å²) in [5.74, 6) is 0.824. The Kier molecular flexibility index (Phi) is 7.05. The van der Waals surface area contributed by atoms with E-state index >= 15 is 0 Å². The van der Waals surface area contributed by atoms with Crippen LogP contribution in [0.15, 0.2) is 17.3 Å². The van der Waals surface area contributed by atoms with Gasteiger partial charge in [-0.05, 0) is 51.6 Å². The summed E-state index contributed by atoms with van der Waals surface area (Å²) in [6.45, 7) is 5.57. The van der Waals surface area contributed by atoms with E-state index in [0.29, 0.717) is 30.4 Å². The van der Waals surface area contributed by atoms with Gasteiger partial charge in [0, 0.05) is 61.3 Å². The lowest BCUT2D eigenvalue weighted by Gasteiger charge is -2.26. The molecule has 2 saturated carbocycles. The predicted molar refractivity (Wildman–Crippen MR) is 116 cm³/mol. The molecule has 3 N–H and O–H groups in total. The Bertz CT molecular complexity index is 827. The molecule has 31 heavy (non-hydrogen) atoms. The first-order valence-corrected chi connectivity index (χ1v) is 10.7. The molecule has 1 aromatic rings. The van der Waals surface area contributed by atoms with Crippen molar-refractivity contribution in [3.8, 4) is 0 Å². The average molecular weight is 440 g/mol. The number of aromatic nitrogens is 1. The van der Waals surface area contributed by atoms with Gasteiger partial charge in [0.2, 0.25) is 0 Å². The molecule has 2 fully saturated rings. The maximum atomic E-state index is 13.2. The highest BCUT2D eigenvalue weighted by Gasteiger charge is 2.58. The summed E-state index contributed by atoms with van der Waals surface area (Å²) < 4.78 is 44.7. The zero-order valence-electron chi connectivity index (χ0n) is 18.5. The normalized spacial score (nSPS) is 25.9. The van der Waals surface area contributed by atoms with Crippen molar-refractivity contribution in [2.45, 2.75) is 51.4 Å². The number of hydrogen-bond acceptors (Lipinski definition) is 6. The average Bonchev–Trinajstić information content (AvgIpc) is 3.17. The molecule has 0 aliphatic heterocycles. The van der Waals surface area contributed by atoms with Gasteiger partial charge in [-0.2, -0.15) is 13.2 Å². The number of nitrogens with one attached hydrogen (secondary N) is 1. The lowest BCUT2D eigenvalue weighted by Crippen LogP contribution is -2.34. The predicted octanol–water partition coefficient (Wildman–Crippen LogP) is 3.89. The van der Waals surface area contributed by atoms with Crippen molar-refractivity contribution in [1.29, 1.82) is 5.41 Å². The zero-order valence-corrected chi connectivity index (χ0v) is 18.5. The zero-order chi connectivity index (χ0) is 22.9. The number of pyridine rings is 1. The third-order valence-corrected chi connectivity index (χ3v) is 6.43. The maximum absolute atomic E-state index is 13.2.